The highest BCUT2D eigenvalue weighted by Crippen LogP contribution is 2.12. The first-order valence-corrected chi connectivity index (χ1v) is 9.09. The first-order chi connectivity index (χ1) is 11.7. The lowest BCUT2D eigenvalue weighted by Gasteiger charge is -2.19. The zero-order valence-corrected chi connectivity index (χ0v) is 14.6. The van der Waals surface area contributed by atoms with Crippen molar-refractivity contribution in [3.8, 4) is 0 Å². The van der Waals surface area contributed by atoms with Crippen molar-refractivity contribution in [3.05, 3.63) is 29.8 Å². The number of unbranched alkanes of at least 4 members (excludes halogenated alkanes) is 1. The summed E-state index contributed by atoms with van der Waals surface area (Å²) in [5, 5.41) is 5.80. The van der Waals surface area contributed by atoms with Crippen LogP contribution in [0.15, 0.2) is 24.3 Å². The van der Waals surface area contributed by atoms with Gasteiger partial charge in [0.1, 0.15) is 0 Å². The van der Waals surface area contributed by atoms with Gasteiger partial charge in [-0.05, 0) is 50.6 Å². The highest BCUT2D eigenvalue weighted by atomic mass is 16.2. The van der Waals surface area contributed by atoms with E-state index in [9.17, 15) is 9.59 Å². The Balaban J connectivity index is 1.86. The second-order valence-corrected chi connectivity index (χ2v) is 6.43. The van der Waals surface area contributed by atoms with Crippen LogP contribution in [-0.4, -0.2) is 42.9 Å². The molecule has 1 heterocycles. The smallest absolute Gasteiger partial charge is 0.251 e. The van der Waals surface area contributed by atoms with Crippen molar-refractivity contribution < 1.29 is 9.59 Å². The minimum Gasteiger partial charge on any atom is -0.352 e. The topological polar surface area (TPSA) is 61.4 Å². The highest BCUT2D eigenvalue weighted by Gasteiger charge is 2.13. The quantitative estimate of drug-likeness (QED) is 0.755. The van der Waals surface area contributed by atoms with E-state index in [1.165, 1.54) is 25.7 Å². The normalized spacial score (nSPS) is 15.5. The number of rotatable bonds is 7. The SMILES string of the molecule is CCCCNC(=O)c1cccc(NC(=O)CN2CCCCCC2)c1. The minimum atomic E-state index is -0.0907. The number of amides is 2. The Morgan fingerprint density at radius 1 is 1.12 bits per heavy atom. The fourth-order valence-corrected chi connectivity index (χ4v) is 2.92. The van der Waals surface area contributed by atoms with Crippen LogP contribution in [0.3, 0.4) is 0 Å². The van der Waals surface area contributed by atoms with Crippen molar-refractivity contribution in [2.45, 2.75) is 45.4 Å². The van der Waals surface area contributed by atoms with Crippen LogP contribution in [0.25, 0.3) is 0 Å². The summed E-state index contributed by atoms with van der Waals surface area (Å²) in [6.45, 7) is 5.18. The van der Waals surface area contributed by atoms with Crippen LogP contribution in [0.5, 0.6) is 0 Å². The molecule has 0 bridgehead atoms. The van der Waals surface area contributed by atoms with Crippen LogP contribution < -0.4 is 10.6 Å². The van der Waals surface area contributed by atoms with Gasteiger partial charge in [0.25, 0.3) is 5.91 Å². The maximum absolute atomic E-state index is 12.2. The number of carbonyl (C=O) groups excluding carboxylic acids is 2. The molecule has 1 aromatic rings. The first-order valence-electron chi connectivity index (χ1n) is 9.09. The van der Waals surface area contributed by atoms with E-state index < -0.39 is 0 Å². The number of hydrogen-bond acceptors (Lipinski definition) is 3. The molecule has 1 fully saturated rings. The molecule has 0 spiro atoms. The Bertz CT molecular complexity index is 537. The van der Waals surface area contributed by atoms with Gasteiger partial charge in [0.05, 0.1) is 6.54 Å². The third kappa shape index (κ3) is 6.32. The summed E-state index contributed by atoms with van der Waals surface area (Å²) in [5.41, 5.74) is 1.26. The van der Waals surface area contributed by atoms with E-state index in [-0.39, 0.29) is 11.8 Å². The van der Waals surface area contributed by atoms with Gasteiger partial charge in [0.15, 0.2) is 0 Å². The minimum absolute atomic E-state index is 0.0135. The number of likely N-dealkylation sites (tertiary alicyclic amines) is 1. The van der Waals surface area contributed by atoms with Crippen molar-refractivity contribution in [3.63, 3.8) is 0 Å². The van der Waals surface area contributed by atoms with Crippen LogP contribution in [-0.2, 0) is 4.79 Å². The molecule has 1 aliphatic heterocycles. The summed E-state index contributed by atoms with van der Waals surface area (Å²) in [4.78, 5) is 26.5. The molecule has 132 valence electrons. The molecule has 2 rings (SSSR count). The maximum Gasteiger partial charge on any atom is 0.251 e. The van der Waals surface area contributed by atoms with Crippen molar-refractivity contribution in [2.24, 2.45) is 0 Å². The largest absolute Gasteiger partial charge is 0.352 e. The van der Waals surface area contributed by atoms with E-state index in [0.29, 0.717) is 24.3 Å². The van der Waals surface area contributed by atoms with Gasteiger partial charge >= 0.3 is 0 Å². The third-order valence-electron chi connectivity index (χ3n) is 4.29. The monoisotopic (exact) mass is 331 g/mol. The standard InChI is InChI=1S/C19H29N3O2/c1-2-3-11-20-19(24)16-9-8-10-17(14-16)21-18(23)15-22-12-6-4-5-7-13-22/h8-10,14H,2-7,11-13,15H2,1H3,(H,20,24)(H,21,23). The Labute approximate surface area is 144 Å². The van der Waals surface area contributed by atoms with Gasteiger partial charge < -0.3 is 10.6 Å². The molecule has 0 aromatic heterocycles. The van der Waals surface area contributed by atoms with Gasteiger partial charge in [-0.3, -0.25) is 14.5 Å². The van der Waals surface area contributed by atoms with E-state index in [1.807, 2.05) is 6.07 Å². The number of hydrogen-bond donors (Lipinski definition) is 2. The van der Waals surface area contributed by atoms with E-state index in [1.54, 1.807) is 18.2 Å². The summed E-state index contributed by atoms with van der Waals surface area (Å²) in [7, 11) is 0. The van der Waals surface area contributed by atoms with E-state index in [4.69, 9.17) is 0 Å². The molecular weight excluding hydrogens is 302 g/mol. The number of nitrogens with zero attached hydrogens (tertiary/aromatic N) is 1. The Morgan fingerprint density at radius 2 is 1.88 bits per heavy atom. The lowest BCUT2D eigenvalue weighted by molar-refractivity contribution is -0.117. The highest BCUT2D eigenvalue weighted by molar-refractivity contribution is 5.97. The molecule has 5 nitrogen and oxygen atoms in total. The summed E-state index contributed by atoms with van der Waals surface area (Å²) < 4.78 is 0. The molecular formula is C19H29N3O2. The van der Waals surface area contributed by atoms with Crippen LogP contribution in [0.4, 0.5) is 5.69 Å². The summed E-state index contributed by atoms with van der Waals surface area (Å²) in [6.07, 6.45) is 6.87. The van der Waals surface area contributed by atoms with Gasteiger partial charge in [-0.25, -0.2) is 0 Å². The predicted molar refractivity (Wildman–Crippen MR) is 97.2 cm³/mol. The third-order valence-corrected chi connectivity index (χ3v) is 4.29. The van der Waals surface area contributed by atoms with E-state index in [2.05, 4.69) is 22.5 Å². The van der Waals surface area contributed by atoms with Crippen LogP contribution in [0.2, 0.25) is 0 Å². The first kappa shape index (κ1) is 18.5. The maximum atomic E-state index is 12.2. The molecule has 0 unspecified atom stereocenters. The molecule has 2 amide bonds. The molecule has 1 aromatic carbocycles. The molecule has 0 radical (unpaired) electrons. The van der Waals surface area contributed by atoms with Crippen LogP contribution >= 0.6 is 0 Å². The summed E-state index contributed by atoms with van der Waals surface area (Å²) in [6, 6.07) is 7.13. The molecule has 24 heavy (non-hydrogen) atoms. The molecule has 0 aliphatic carbocycles. The fraction of sp³-hybridized carbons (Fsp3) is 0.579. The van der Waals surface area contributed by atoms with E-state index in [0.717, 1.165) is 25.9 Å². The zero-order valence-electron chi connectivity index (χ0n) is 14.6. The second kappa shape index (κ2) is 10.1. The summed E-state index contributed by atoms with van der Waals surface area (Å²) in [5.74, 6) is -0.104. The molecule has 2 N–H and O–H groups in total. The van der Waals surface area contributed by atoms with Crippen LogP contribution in [0, 0.1) is 0 Å². The Hall–Kier alpha value is -1.88. The average Bonchev–Trinajstić information content (AvgIpc) is 2.83. The predicted octanol–water partition coefficient (Wildman–Crippen LogP) is 3.03. The van der Waals surface area contributed by atoms with Crippen molar-refractivity contribution in [1.29, 1.82) is 0 Å². The van der Waals surface area contributed by atoms with Gasteiger partial charge in [0, 0.05) is 17.8 Å². The Morgan fingerprint density at radius 3 is 2.58 bits per heavy atom. The lowest BCUT2D eigenvalue weighted by atomic mass is 10.2. The number of carbonyl (C=O) groups is 2. The fourth-order valence-electron chi connectivity index (χ4n) is 2.92. The number of anilines is 1. The van der Waals surface area contributed by atoms with Crippen molar-refractivity contribution in [2.75, 3.05) is 31.5 Å². The second-order valence-electron chi connectivity index (χ2n) is 6.43. The van der Waals surface area contributed by atoms with Crippen molar-refractivity contribution in [1.82, 2.24) is 10.2 Å². The lowest BCUT2D eigenvalue weighted by Crippen LogP contribution is -2.34. The molecule has 1 aliphatic rings. The van der Waals surface area contributed by atoms with Gasteiger partial charge in [-0.2, -0.15) is 0 Å². The zero-order chi connectivity index (χ0) is 17.2. The van der Waals surface area contributed by atoms with E-state index >= 15 is 0 Å². The molecule has 5 heteroatoms. The average molecular weight is 331 g/mol. The molecule has 0 saturated carbocycles. The number of benzene rings is 1. The Kier molecular flexibility index (Phi) is 7.75. The molecule has 0 atom stereocenters. The van der Waals surface area contributed by atoms with Gasteiger partial charge in [-0.15, -0.1) is 0 Å². The molecule has 1 saturated heterocycles. The number of nitrogens with one attached hydrogen (secondary N) is 2. The van der Waals surface area contributed by atoms with Gasteiger partial charge in [0.2, 0.25) is 5.91 Å². The van der Waals surface area contributed by atoms with Crippen LogP contribution in [0.1, 0.15) is 55.8 Å². The summed E-state index contributed by atoms with van der Waals surface area (Å²) >= 11 is 0. The van der Waals surface area contributed by atoms with Crippen molar-refractivity contribution >= 4 is 17.5 Å². The van der Waals surface area contributed by atoms with Gasteiger partial charge in [-0.1, -0.05) is 32.3 Å².